The molecule has 3 aromatic rings. The summed E-state index contributed by atoms with van der Waals surface area (Å²) in [6.07, 6.45) is 1.63. The van der Waals surface area contributed by atoms with Crippen LogP contribution >= 0.6 is 0 Å². The Morgan fingerprint density at radius 2 is 1.89 bits per heavy atom. The number of amides is 1. The number of carbonyl (C=O) groups is 1. The monoisotopic (exact) mass is 377 g/mol. The maximum atomic E-state index is 12.8. The van der Waals surface area contributed by atoms with E-state index < -0.39 is 16.4 Å². The number of aryl methyl sites for hydroxylation is 2. The third-order valence-corrected chi connectivity index (χ3v) is 4.42. The molecule has 3 rings (SSSR count). The van der Waals surface area contributed by atoms with Gasteiger partial charge in [-0.1, -0.05) is 29.8 Å². The van der Waals surface area contributed by atoms with Crippen LogP contribution in [0.4, 0.5) is 11.4 Å². The second-order valence-corrected chi connectivity index (χ2v) is 6.55. The second kappa shape index (κ2) is 7.87. The summed E-state index contributed by atoms with van der Waals surface area (Å²) < 4.78 is 1.48. The van der Waals surface area contributed by atoms with Crippen LogP contribution in [0.2, 0.25) is 0 Å². The van der Waals surface area contributed by atoms with Crippen molar-refractivity contribution in [3.63, 3.8) is 0 Å². The summed E-state index contributed by atoms with van der Waals surface area (Å²) in [6, 6.07) is 14.7. The zero-order valence-corrected chi connectivity index (χ0v) is 15.5. The van der Waals surface area contributed by atoms with Crippen LogP contribution in [0.15, 0.2) is 65.6 Å². The largest absolute Gasteiger partial charge is 0.322 e. The van der Waals surface area contributed by atoms with Gasteiger partial charge in [0.15, 0.2) is 0 Å². The first-order valence-corrected chi connectivity index (χ1v) is 8.66. The fraction of sp³-hybridized carbons (Fsp3) is 0.143. The number of nitrogens with one attached hydrogen (secondary N) is 1. The van der Waals surface area contributed by atoms with E-state index in [2.05, 4.69) is 5.32 Å². The van der Waals surface area contributed by atoms with Gasteiger partial charge in [-0.3, -0.25) is 19.7 Å². The number of nitro groups is 1. The molecular formula is C21H19N3O4. The number of nitrogens with zero attached hydrogens (tertiary/aromatic N) is 2. The molecule has 2 aromatic carbocycles. The van der Waals surface area contributed by atoms with Crippen molar-refractivity contribution < 1.29 is 9.72 Å². The van der Waals surface area contributed by atoms with Crippen molar-refractivity contribution in [1.82, 2.24) is 4.57 Å². The molecule has 1 amide bonds. The molecule has 28 heavy (non-hydrogen) atoms. The highest BCUT2D eigenvalue weighted by atomic mass is 16.6. The number of non-ortho nitro benzene ring substituents is 1. The molecule has 7 nitrogen and oxygen atoms in total. The van der Waals surface area contributed by atoms with E-state index in [0.29, 0.717) is 6.54 Å². The van der Waals surface area contributed by atoms with E-state index >= 15 is 0 Å². The number of aromatic nitrogens is 1. The quantitative estimate of drug-likeness (QED) is 0.542. The molecule has 1 N–H and O–H groups in total. The molecular weight excluding hydrogens is 358 g/mol. The minimum absolute atomic E-state index is 0.0284. The predicted molar refractivity (Wildman–Crippen MR) is 107 cm³/mol. The number of rotatable bonds is 5. The Morgan fingerprint density at radius 1 is 1.11 bits per heavy atom. The smallest absolute Gasteiger partial charge is 0.271 e. The first-order valence-electron chi connectivity index (χ1n) is 8.66. The van der Waals surface area contributed by atoms with E-state index in [4.69, 9.17) is 0 Å². The molecule has 7 heteroatoms. The molecule has 0 saturated carbocycles. The van der Waals surface area contributed by atoms with Crippen molar-refractivity contribution in [1.29, 1.82) is 0 Å². The summed E-state index contributed by atoms with van der Waals surface area (Å²) >= 11 is 0. The maximum absolute atomic E-state index is 12.8. The highest BCUT2D eigenvalue weighted by molar-refractivity contribution is 6.04. The first kappa shape index (κ1) is 19.0. The average molecular weight is 377 g/mol. The Kier molecular flexibility index (Phi) is 5.35. The molecule has 0 atom stereocenters. The molecule has 1 heterocycles. The lowest BCUT2D eigenvalue weighted by atomic mass is 10.1. The van der Waals surface area contributed by atoms with Gasteiger partial charge in [-0.25, -0.2) is 0 Å². The number of nitro benzene ring substituents is 1. The minimum atomic E-state index is -0.610. The van der Waals surface area contributed by atoms with E-state index in [1.807, 2.05) is 32.0 Å². The number of carbonyl (C=O) groups excluding carboxylic acids is 1. The van der Waals surface area contributed by atoms with Crippen molar-refractivity contribution >= 4 is 17.3 Å². The summed E-state index contributed by atoms with van der Waals surface area (Å²) in [5.41, 5.74) is 2.81. The van der Waals surface area contributed by atoms with Crippen molar-refractivity contribution in [3.8, 4) is 0 Å². The van der Waals surface area contributed by atoms with Crippen LogP contribution in [0, 0.1) is 24.0 Å². The Morgan fingerprint density at radius 3 is 2.64 bits per heavy atom. The van der Waals surface area contributed by atoms with Gasteiger partial charge in [0.1, 0.15) is 5.56 Å². The number of pyridine rings is 1. The van der Waals surface area contributed by atoms with E-state index in [9.17, 15) is 19.7 Å². The second-order valence-electron chi connectivity index (χ2n) is 6.55. The molecule has 0 saturated heterocycles. The Bertz CT molecular complexity index is 1120. The molecule has 0 bridgehead atoms. The van der Waals surface area contributed by atoms with Gasteiger partial charge in [-0.2, -0.15) is 0 Å². The highest BCUT2D eigenvalue weighted by Gasteiger charge is 2.14. The van der Waals surface area contributed by atoms with Gasteiger partial charge in [0, 0.05) is 24.0 Å². The van der Waals surface area contributed by atoms with Crippen LogP contribution < -0.4 is 10.9 Å². The topological polar surface area (TPSA) is 94.2 Å². The van der Waals surface area contributed by atoms with Crippen LogP contribution in [-0.2, 0) is 6.54 Å². The molecule has 0 unspecified atom stereocenters. The molecule has 0 aliphatic rings. The van der Waals surface area contributed by atoms with Crippen molar-refractivity contribution in [2.45, 2.75) is 20.4 Å². The summed E-state index contributed by atoms with van der Waals surface area (Å²) in [6.45, 7) is 4.30. The summed E-state index contributed by atoms with van der Waals surface area (Å²) in [5, 5.41) is 13.4. The first-order chi connectivity index (χ1) is 13.3. The van der Waals surface area contributed by atoms with E-state index in [0.717, 1.165) is 16.7 Å². The molecule has 0 radical (unpaired) electrons. The van der Waals surface area contributed by atoms with Gasteiger partial charge >= 0.3 is 0 Å². The summed E-state index contributed by atoms with van der Waals surface area (Å²) in [4.78, 5) is 35.6. The van der Waals surface area contributed by atoms with Gasteiger partial charge in [-0.15, -0.1) is 0 Å². The van der Waals surface area contributed by atoms with Gasteiger partial charge in [-0.05, 0) is 43.2 Å². The molecule has 0 fully saturated rings. The third kappa shape index (κ3) is 4.15. The molecule has 0 spiro atoms. The van der Waals surface area contributed by atoms with Crippen molar-refractivity contribution in [3.05, 3.63) is 104 Å². The maximum Gasteiger partial charge on any atom is 0.271 e. The summed E-state index contributed by atoms with van der Waals surface area (Å²) in [5.74, 6) is -0.610. The minimum Gasteiger partial charge on any atom is -0.322 e. The standard InChI is InChI=1S/C21H19N3O4/c1-14-8-9-15(2)16(11-14)13-23-10-4-7-19(21(23)26)20(25)22-17-5-3-6-18(12-17)24(27)28/h3-12H,13H2,1-2H3,(H,22,25). The van der Waals surface area contributed by atoms with Gasteiger partial charge in [0.25, 0.3) is 17.2 Å². The van der Waals surface area contributed by atoms with E-state index in [-0.39, 0.29) is 16.9 Å². The molecule has 0 aliphatic carbocycles. The van der Waals surface area contributed by atoms with Crippen molar-refractivity contribution in [2.75, 3.05) is 5.32 Å². The normalized spacial score (nSPS) is 10.5. The third-order valence-electron chi connectivity index (χ3n) is 4.42. The number of benzene rings is 2. The number of hydrogen-bond donors (Lipinski definition) is 1. The Balaban J connectivity index is 1.87. The molecule has 142 valence electrons. The van der Waals surface area contributed by atoms with Crippen LogP contribution in [-0.4, -0.2) is 15.4 Å². The average Bonchev–Trinajstić information content (AvgIpc) is 2.66. The van der Waals surface area contributed by atoms with Gasteiger partial charge in [0.2, 0.25) is 0 Å². The van der Waals surface area contributed by atoms with Crippen molar-refractivity contribution in [2.24, 2.45) is 0 Å². The van der Waals surface area contributed by atoms with Gasteiger partial charge < -0.3 is 9.88 Å². The summed E-state index contributed by atoms with van der Waals surface area (Å²) in [7, 11) is 0. The van der Waals surface area contributed by atoms with E-state index in [1.54, 1.807) is 12.3 Å². The molecule has 0 aliphatic heterocycles. The van der Waals surface area contributed by atoms with Crippen LogP contribution in [0.25, 0.3) is 0 Å². The van der Waals surface area contributed by atoms with E-state index in [1.165, 1.54) is 34.9 Å². The molecule has 1 aromatic heterocycles. The highest BCUT2D eigenvalue weighted by Crippen LogP contribution is 2.17. The Hall–Kier alpha value is -3.74. The lowest BCUT2D eigenvalue weighted by molar-refractivity contribution is -0.384. The number of anilines is 1. The fourth-order valence-corrected chi connectivity index (χ4v) is 2.88. The fourth-order valence-electron chi connectivity index (χ4n) is 2.88. The van der Waals surface area contributed by atoms with Crippen LogP contribution in [0.3, 0.4) is 0 Å². The van der Waals surface area contributed by atoms with Crippen LogP contribution in [0.5, 0.6) is 0 Å². The lowest BCUT2D eigenvalue weighted by Crippen LogP contribution is -2.29. The Labute approximate surface area is 161 Å². The SMILES string of the molecule is Cc1ccc(C)c(Cn2cccc(C(=O)Nc3cccc([N+](=O)[O-])c3)c2=O)c1. The number of hydrogen-bond acceptors (Lipinski definition) is 4. The van der Waals surface area contributed by atoms with Crippen LogP contribution in [0.1, 0.15) is 27.0 Å². The lowest BCUT2D eigenvalue weighted by Gasteiger charge is -2.11. The zero-order chi connectivity index (χ0) is 20.3. The predicted octanol–water partition coefficient (Wildman–Crippen LogP) is 3.67. The van der Waals surface area contributed by atoms with Gasteiger partial charge in [0.05, 0.1) is 11.5 Å². The zero-order valence-electron chi connectivity index (χ0n) is 15.5.